The first-order valence-corrected chi connectivity index (χ1v) is 7.55. The number of methoxy groups -OCH3 is 1. The average Bonchev–Trinajstić information content (AvgIpc) is 2.57. The van der Waals surface area contributed by atoms with Gasteiger partial charge in [0.2, 0.25) is 0 Å². The predicted octanol–water partition coefficient (Wildman–Crippen LogP) is 3.67. The van der Waals surface area contributed by atoms with Crippen LogP contribution in [-0.2, 0) is 0 Å². The first kappa shape index (κ1) is 14.4. The number of para-hydroxylation sites is 1. The summed E-state index contributed by atoms with van der Waals surface area (Å²) in [6.07, 6.45) is 0.774. The Morgan fingerprint density at radius 3 is 2.55 bits per heavy atom. The van der Waals surface area contributed by atoms with Gasteiger partial charge in [-0.05, 0) is 36.2 Å². The van der Waals surface area contributed by atoms with E-state index in [1.165, 1.54) is 0 Å². The highest BCUT2D eigenvalue weighted by Gasteiger charge is 2.31. The smallest absolute Gasteiger partial charge is 0.257 e. The standard InChI is InChI=1S/C18H20N2O2/c1-3-12-20-17(13-8-10-14(22-2)11-9-13)19-16-7-5-4-6-15(16)18(20)21/h4-11,17,19H,3,12H2,1-2H3/t17-/m0/s1. The molecule has 3 rings (SSSR count). The first-order valence-electron chi connectivity index (χ1n) is 7.55. The van der Waals surface area contributed by atoms with Crippen molar-refractivity contribution in [2.75, 3.05) is 19.0 Å². The second-order valence-electron chi connectivity index (χ2n) is 5.36. The fourth-order valence-corrected chi connectivity index (χ4v) is 2.81. The summed E-state index contributed by atoms with van der Waals surface area (Å²) >= 11 is 0. The molecule has 1 N–H and O–H groups in total. The van der Waals surface area contributed by atoms with Crippen molar-refractivity contribution in [3.63, 3.8) is 0 Å². The average molecular weight is 296 g/mol. The minimum atomic E-state index is -0.145. The summed E-state index contributed by atoms with van der Waals surface area (Å²) in [4.78, 5) is 14.7. The van der Waals surface area contributed by atoms with E-state index in [2.05, 4.69) is 12.2 Å². The van der Waals surface area contributed by atoms with Crippen molar-refractivity contribution in [1.29, 1.82) is 0 Å². The number of hydrogen-bond acceptors (Lipinski definition) is 3. The van der Waals surface area contributed by atoms with E-state index in [0.29, 0.717) is 0 Å². The first-order chi connectivity index (χ1) is 10.7. The summed E-state index contributed by atoms with van der Waals surface area (Å²) in [5.41, 5.74) is 2.68. The summed E-state index contributed by atoms with van der Waals surface area (Å²) in [5.74, 6) is 0.894. The lowest BCUT2D eigenvalue weighted by Gasteiger charge is -2.38. The minimum Gasteiger partial charge on any atom is -0.497 e. The fourth-order valence-electron chi connectivity index (χ4n) is 2.81. The van der Waals surface area contributed by atoms with Gasteiger partial charge in [0.05, 0.1) is 12.7 Å². The Bertz CT molecular complexity index is 667. The maximum absolute atomic E-state index is 12.8. The third-order valence-electron chi connectivity index (χ3n) is 3.92. The minimum absolute atomic E-state index is 0.0806. The largest absolute Gasteiger partial charge is 0.497 e. The van der Waals surface area contributed by atoms with Crippen LogP contribution in [0.2, 0.25) is 0 Å². The third-order valence-corrected chi connectivity index (χ3v) is 3.92. The van der Waals surface area contributed by atoms with Crippen LogP contribution in [0, 0.1) is 0 Å². The van der Waals surface area contributed by atoms with Crippen molar-refractivity contribution >= 4 is 11.6 Å². The number of rotatable bonds is 4. The summed E-state index contributed by atoms with van der Waals surface area (Å²) in [7, 11) is 1.65. The molecule has 114 valence electrons. The Morgan fingerprint density at radius 1 is 1.14 bits per heavy atom. The fraction of sp³-hybridized carbons (Fsp3) is 0.278. The van der Waals surface area contributed by atoms with E-state index in [1.807, 2.05) is 53.4 Å². The van der Waals surface area contributed by atoms with Gasteiger partial charge in [-0.25, -0.2) is 0 Å². The summed E-state index contributed by atoms with van der Waals surface area (Å²) in [6.45, 7) is 2.80. The molecule has 1 aliphatic rings. The number of amides is 1. The number of carbonyl (C=O) groups excluding carboxylic acids is 1. The zero-order valence-electron chi connectivity index (χ0n) is 12.9. The lowest BCUT2D eigenvalue weighted by Crippen LogP contribution is -2.43. The van der Waals surface area contributed by atoms with Crippen LogP contribution in [-0.4, -0.2) is 24.5 Å². The van der Waals surface area contributed by atoms with Crippen molar-refractivity contribution in [3.05, 3.63) is 59.7 Å². The van der Waals surface area contributed by atoms with Crippen LogP contribution < -0.4 is 10.1 Å². The number of carbonyl (C=O) groups is 1. The molecular formula is C18H20N2O2. The van der Waals surface area contributed by atoms with E-state index in [1.54, 1.807) is 7.11 Å². The molecule has 0 unspecified atom stereocenters. The molecule has 0 spiro atoms. The molecule has 1 aliphatic heterocycles. The molecule has 0 aliphatic carbocycles. The van der Waals surface area contributed by atoms with Crippen LogP contribution in [0.1, 0.15) is 35.4 Å². The van der Waals surface area contributed by atoms with Gasteiger partial charge in [0.25, 0.3) is 5.91 Å². The van der Waals surface area contributed by atoms with E-state index in [0.717, 1.165) is 35.5 Å². The number of nitrogens with zero attached hydrogens (tertiary/aromatic N) is 1. The SMILES string of the molecule is CCCN1C(=O)c2ccccc2N[C@@H]1c1ccc(OC)cc1. The van der Waals surface area contributed by atoms with Crippen molar-refractivity contribution in [2.45, 2.75) is 19.5 Å². The molecule has 1 amide bonds. The van der Waals surface area contributed by atoms with Crippen LogP contribution in [0.25, 0.3) is 0 Å². The van der Waals surface area contributed by atoms with Crippen LogP contribution >= 0.6 is 0 Å². The highest BCUT2D eigenvalue weighted by atomic mass is 16.5. The van der Waals surface area contributed by atoms with Gasteiger partial charge in [-0.15, -0.1) is 0 Å². The topological polar surface area (TPSA) is 41.6 Å². The normalized spacial score (nSPS) is 16.9. The molecule has 4 nitrogen and oxygen atoms in total. The predicted molar refractivity (Wildman–Crippen MR) is 87.1 cm³/mol. The van der Waals surface area contributed by atoms with Gasteiger partial charge in [-0.3, -0.25) is 4.79 Å². The van der Waals surface area contributed by atoms with Gasteiger partial charge >= 0.3 is 0 Å². The molecule has 0 saturated carbocycles. The third kappa shape index (κ3) is 2.52. The number of hydrogen-bond donors (Lipinski definition) is 1. The maximum Gasteiger partial charge on any atom is 0.257 e. The van der Waals surface area contributed by atoms with Crippen LogP contribution in [0.3, 0.4) is 0 Å². The van der Waals surface area contributed by atoms with Crippen molar-refractivity contribution in [2.24, 2.45) is 0 Å². The lowest BCUT2D eigenvalue weighted by atomic mass is 10.0. The Morgan fingerprint density at radius 2 is 1.86 bits per heavy atom. The Labute approximate surface area is 130 Å². The van der Waals surface area contributed by atoms with E-state index in [9.17, 15) is 4.79 Å². The van der Waals surface area contributed by atoms with Crippen LogP contribution in [0.15, 0.2) is 48.5 Å². The number of benzene rings is 2. The molecule has 0 fully saturated rings. The number of ether oxygens (including phenoxy) is 1. The van der Waals surface area contributed by atoms with Gasteiger partial charge in [0, 0.05) is 12.2 Å². The highest BCUT2D eigenvalue weighted by molar-refractivity contribution is 6.01. The molecule has 1 atom stereocenters. The number of fused-ring (bicyclic) bond motifs is 1. The molecule has 2 aromatic rings. The van der Waals surface area contributed by atoms with Crippen molar-refractivity contribution in [3.8, 4) is 5.75 Å². The molecule has 2 aromatic carbocycles. The number of nitrogens with one attached hydrogen (secondary N) is 1. The van der Waals surface area contributed by atoms with Crippen LogP contribution in [0.4, 0.5) is 5.69 Å². The van der Waals surface area contributed by atoms with Gasteiger partial charge in [-0.1, -0.05) is 31.2 Å². The van der Waals surface area contributed by atoms with Gasteiger partial charge in [-0.2, -0.15) is 0 Å². The highest BCUT2D eigenvalue weighted by Crippen LogP contribution is 2.33. The molecule has 0 aromatic heterocycles. The summed E-state index contributed by atoms with van der Waals surface area (Å²) in [5, 5.41) is 3.48. The Balaban J connectivity index is 1.99. The zero-order valence-corrected chi connectivity index (χ0v) is 12.9. The van der Waals surface area contributed by atoms with E-state index in [-0.39, 0.29) is 12.1 Å². The molecule has 0 saturated heterocycles. The lowest BCUT2D eigenvalue weighted by molar-refractivity contribution is 0.0683. The molecule has 1 heterocycles. The van der Waals surface area contributed by atoms with E-state index >= 15 is 0 Å². The number of anilines is 1. The van der Waals surface area contributed by atoms with Crippen LogP contribution in [0.5, 0.6) is 5.75 Å². The molecule has 0 radical (unpaired) electrons. The van der Waals surface area contributed by atoms with E-state index < -0.39 is 0 Å². The summed E-state index contributed by atoms with van der Waals surface area (Å²) < 4.78 is 5.21. The molecule has 4 heteroatoms. The quantitative estimate of drug-likeness (QED) is 0.936. The van der Waals surface area contributed by atoms with Crippen molar-refractivity contribution < 1.29 is 9.53 Å². The zero-order chi connectivity index (χ0) is 15.5. The Hall–Kier alpha value is -2.49. The second kappa shape index (κ2) is 6.10. The van der Waals surface area contributed by atoms with Gasteiger partial charge < -0.3 is 15.0 Å². The Kier molecular flexibility index (Phi) is 4.00. The van der Waals surface area contributed by atoms with E-state index in [4.69, 9.17) is 4.74 Å². The monoisotopic (exact) mass is 296 g/mol. The molecular weight excluding hydrogens is 276 g/mol. The molecule has 0 bridgehead atoms. The summed E-state index contributed by atoms with van der Waals surface area (Å²) in [6, 6.07) is 15.5. The van der Waals surface area contributed by atoms with Crippen molar-refractivity contribution in [1.82, 2.24) is 4.90 Å². The second-order valence-corrected chi connectivity index (χ2v) is 5.36. The molecule has 22 heavy (non-hydrogen) atoms. The maximum atomic E-state index is 12.8. The van der Waals surface area contributed by atoms with Gasteiger partial charge in [0.1, 0.15) is 11.9 Å². The van der Waals surface area contributed by atoms with Gasteiger partial charge in [0.15, 0.2) is 0 Å².